The summed E-state index contributed by atoms with van der Waals surface area (Å²) in [6, 6.07) is 5.29. The number of hydrogen-bond donors (Lipinski definition) is 1. The van der Waals surface area contributed by atoms with E-state index in [1.54, 1.807) is 0 Å². The fourth-order valence-electron chi connectivity index (χ4n) is 3.30. The Morgan fingerprint density at radius 3 is 2.44 bits per heavy atom. The number of carboxylic acid groups (broad SMARTS) is 1. The second-order valence-corrected chi connectivity index (χ2v) is 9.14. The summed E-state index contributed by atoms with van der Waals surface area (Å²) in [5.41, 5.74) is -1.47. The van der Waals surface area contributed by atoms with Crippen molar-refractivity contribution in [1.29, 1.82) is 0 Å². The Hall–Kier alpha value is -2.79. The van der Waals surface area contributed by atoms with Crippen molar-refractivity contribution in [1.82, 2.24) is 4.90 Å². The number of carboxylic acids is 1. The molecule has 0 saturated carbocycles. The maximum atomic E-state index is 14.4. The van der Waals surface area contributed by atoms with Crippen LogP contribution in [-0.2, 0) is 15.8 Å². The highest BCUT2D eigenvalue weighted by Gasteiger charge is 2.32. The zero-order chi connectivity index (χ0) is 25.0. The largest absolute Gasteiger partial charge is 0.481 e. The standard InChI is InChI=1S/C23H18F5NO3S2/c24-17-7-5-13(16-12-15(23(26,27)28)6-8-18(16)25)10-14(17)11-19-21(32)29(22(33)34-19)9-3-1-2-4-20(30)31/h5-8,10-12H,1-4,9H2,(H,30,31)/b19-11-. The molecule has 0 atom stereocenters. The lowest BCUT2D eigenvalue weighted by Gasteiger charge is -2.13. The van der Waals surface area contributed by atoms with Crippen molar-refractivity contribution < 1.29 is 36.6 Å². The molecule has 1 fully saturated rings. The van der Waals surface area contributed by atoms with E-state index in [1.165, 1.54) is 17.0 Å². The van der Waals surface area contributed by atoms with Crippen LogP contribution in [0, 0.1) is 11.6 Å². The van der Waals surface area contributed by atoms with Crippen molar-refractivity contribution in [2.24, 2.45) is 0 Å². The van der Waals surface area contributed by atoms with Gasteiger partial charge in [-0.2, -0.15) is 13.2 Å². The second-order valence-electron chi connectivity index (χ2n) is 7.47. The SMILES string of the molecule is O=C(O)CCCCCN1C(=O)/C(=C/c2cc(-c3cc(C(F)(F)F)ccc3F)ccc2F)SC1=S. The van der Waals surface area contributed by atoms with Crippen LogP contribution in [0.3, 0.4) is 0 Å². The van der Waals surface area contributed by atoms with E-state index in [2.05, 4.69) is 0 Å². The second kappa shape index (κ2) is 10.6. The van der Waals surface area contributed by atoms with Crippen LogP contribution < -0.4 is 0 Å². The first-order valence-corrected chi connectivity index (χ1v) is 11.3. The number of aliphatic carboxylic acids is 1. The van der Waals surface area contributed by atoms with E-state index in [4.69, 9.17) is 17.3 Å². The molecule has 11 heteroatoms. The number of unbranched alkanes of at least 4 members (excludes halogenated alkanes) is 2. The van der Waals surface area contributed by atoms with Crippen LogP contribution in [-0.4, -0.2) is 32.7 Å². The third kappa shape index (κ3) is 6.20. The molecule has 1 heterocycles. The first-order chi connectivity index (χ1) is 16.0. The monoisotopic (exact) mass is 515 g/mol. The summed E-state index contributed by atoms with van der Waals surface area (Å²) in [5, 5.41) is 8.66. The Bertz CT molecular complexity index is 1160. The zero-order valence-corrected chi connectivity index (χ0v) is 19.1. The van der Waals surface area contributed by atoms with Gasteiger partial charge in [0.15, 0.2) is 0 Å². The van der Waals surface area contributed by atoms with Crippen LogP contribution in [0.25, 0.3) is 17.2 Å². The molecule has 0 aliphatic carbocycles. The molecule has 0 aromatic heterocycles. The molecule has 2 aromatic rings. The molecular weight excluding hydrogens is 497 g/mol. The van der Waals surface area contributed by atoms with Gasteiger partial charge in [0.1, 0.15) is 16.0 Å². The number of halogens is 5. The molecule has 0 radical (unpaired) electrons. The summed E-state index contributed by atoms with van der Waals surface area (Å²) in [4.78, 5) is 24.7. The van der Waals surface area contributed by atoms with Crippen molar-refractivity contribution in [3.63, 3.8) is 0 Å². The molecule has 1 aliphatic rings. The number of alkyl halides is 3. The molecule has 0 unspecified atom stereocenters. The number of hydrogen-bond acceptors (Lipinski definition) is 4. The Morgan fingerprint density at radius 2 is 1.76 bits per heavy atom. The average molecular weight is 516 g/mol. The first kappa shape index (κ1) is 25.8. The smallest absolute Gasteiger partial charge is 0.416 e. The number of benzene rings is 2. The summed E-state index contributed by atoms with van der Waals surface area (Å²) in [6.45, 7) is 0.277. The van der Waals surface area contributed by atoms with Gasteiger partial charge in [-0.25, -0.2) is 8.78 Å². The maximum absolute atomic E-state index is 14.4. The average Bonchev–Trinajstić information content (AvgIpc) is 3.01. The molecule has 34 heavy (non-hydrogen) atoms. The molecule has 1 amide bonds. The topological polar surface area (TPSA) is 57.6 Å². The van der Waals surface area contributed by atoms with Gasteiger partial charge in [-0.15, -0.1) is 0 Å². The number of amides is 1. The molecule has 0 bridgehead atoms. The minimum atomic E-state index is -4.67. The molecular formula is C23H18F5NO3S2. The summed E-state index contributed by atoms with van der Waals surface area (Å²) in [6.07, 6.45) is -1.83. The van der Waals surface area contributed by atoms with Crippen LogP contribution in [0.15, 0.2) is 41.3 Å². The Kier molecular flexibility index (Phi) is 8.09. The molecule has 1 saturated heterocycles. The summed E-state index contributed by atoms with van der Waals surface area (Å²) >= 11 is 6.17. The third-order valence-corrected chi connectivity index (χ3v) is 6.41. The lowest BCUT2D eigenvalue weighted by molar-refractivity contribution is -0.138. The summed E-state index contributed by atoms with van der Waals surface area (Å²) in [5.74, 6) is -3.00. The maximum Gasteiger partial charge on any atom is 0.416 e. The fraction of sp³-hybridized carbons (Fsp3) is 0.261. The van der Waals surface area contributed by atoms with Gasteiger partial charge in [-0.05, 0) is 54.8 Å². The fourth-order valence-corrected chi connectivity index (χ4v) is 4.60. The number of carbonyl (C=O) groups excluding carboxylic acids is 1. The Morgan fingerprint density at radius 1 is 1.06 bits per heavy atom. The lowest BCUT2D eigenvalue weighted by atomic mass is 9.99. The molecule has 2 aromatic carbocycles. The van der Waals surface area contributed by atoms with Crippen LogP contribution in [0.4, 0.5) is 22.0 Å². The van der Waals surface area contributed by atoms with E-state index in [-0.39, 0.29) is 38.9 Å². The van der Waals surface area contributed by atoms with Gasteiger partial charge in [0, 0.05) is 24.1 Å². The van der Waals surface area contributed by atoms with Crippen LogP contribution in [0.5, 0.6) is 0 Å². The highest BCUT2D eigenvalue weighted by Crippen LogP contribution is 2.36. The van der Waals surface area contributed by atoms with Gasteiger partial charge < -0.3 is 5.11 Å². The van der Waals surface area contributed by atoms with E-state index in [0.29, 0.717) is 37.5 Å². The zero-order valence-electron chi connectivity index (χ0n) is 17.5. The quantitative estimate of drug-likeness (QED) is 0.188. The molecule has 0 spiro atoms. The predicted octanol–water partition coefficient (Wildman–Crippen LogP) is 6.50. The van der Waals surface area contributed by atoms with Crippen LogP contribution in [0.1, 0.15) is 36.8 Å². The number of rotatable bonds is 8. The molecule has 1 N–H and O–H groups in total. The number of thioether (sulfide) groups is 1. The van der Waals surface area contributed by atoms with Gasteiger partial charge in [-0.3, -0.25) is 14.5 Å². The third-order valence-electron chi connectivity index (χ3n) is 5.03. The highest BCUT2D eigenvalue weighted by molar-refractivity contribution is 8.26. The number of carbonyl (C=O) groups is 2. The molecule has 4 nitrogen and oxygen atoms in total. The van der Waals surface area contributed by atoms with Gasteiger partial charge in [0.2, 0.25) is 0 Å². The van der Waals surface area contributed by atoms with E-state index >= 15 is 0 Å². The minimum Gasteiger partial charge on any atom is -0.481 e. The van der Waals surface area contributed by atoms with Gasteiger partial charge in [-0.1, -0.05) is 36.5 Å². The molecule has 3 rings (SSSR count). The number of thiocarbonyl (C=S) groups is 1. The molecule has 1 aliphatic heterocycles. The Labute approximate surface area is 201 Å². The van der Waals surface area contributed by atoms with Crippen molar-refractivity contribution in [3.8, 4) is 11.1 Å². The van der Waals surface area contributed by atoms with Gasteiger partial charge >= 0.3 is 12.1 Å². The number of nitrogens with zero attached hydrogens (tertiary/aromatic N) is 1. The minimum absolute atomic E-state index is 0.0187. The van der Waals surface area contributed by atoms with Gasteiger partial charge in [0.25, 0.3) is 5.91 Å². The van der Waals surface area contributed by atoms with Crippen molar-refractivity contribution in [3.05, 3.63) is 64.1 Å². The van der Waals surface area contributed by atoms with Crippen molar-refractivity contribution in [2.45, 2.75) is 31.9 Å². The highest BCUT2D eigenvalue weighted by atomic mass is 32.2. The first-order valence-electron chi connectivity index (χ1n) is 10.1. The van der Waals surface area contributed by atoms with Crippen molar-refractivity contribution in [2.75, 3.05) is 6.54 Å². The predicted molar refractivity (Wildman–Crippen MR) is 123 cm³/mol. The lowest BCUT2D eigenvalue weighted by Crippen LogP contribution is -2.29. The van der Waals surface area contributed by atoms with E-state index in [9.17, 15) is 31.5 Å². The summed E-state index contributed by atoms with van der Waals surface area (Å²) in [7, 11) is 0. The van der Waals surface area contributed by atoms with E-state index in [0.717, 1.165) is 23.9 Å². The normalized spacial score (nSPS) is 15.4. The van der Waals surface area contributed by atoms with Gasteiger partial charge in [0.05, 0.1) is 10.5 Å². The van der Waals surface area contributed by atoms with E-state index in [1.807, 2.05) is 0 Å². The summed E-state index contributed by atoms with van der Waals surface area (Å²) < 4.78 is 68.1. The van der Waals surface area contributed by atoms with Crippen LogP contribution in [0.2, 0.25) is 0 Å². The Balaban J connectivity index is 1.82. The van der Waals surface area contributed by atoms with Crippen LogP contribution >= 0.6 is 24.0 Å². The molecule has 180 valence electrons. The van der Waals surface area contributed by atoms with Crippen molar-refractivity contribution >= 4 is 46.3 Å². The van der Waals surface area contributed by atoms with E-state index < -0.39 is 35.3 Å².